The first-order valence-electron chi connectivity index (χ1n) is 1.77. The van der Waals surface area contributed by atoms with E-state index in [0.29, 0.717) is 12.2 Å². The van der Waals surface area contributed by atoms with E-state index in [1.54, 1.807) is 0 Å². The molecule has 4 nitrogen and oxygen atoms in total. The molecule has 0 fully saturated rings. The van der Waals surface area contributed by atoms with Crippen LogP contribution in [0, 0.1) is 0 Å². The Morgan fingerprint density at radius 3 is 1.18 bits per heavy atom. The van der Waals surface area contributed by atoms with Gasteiger partial charge in [0.1, 0.15) is 0 Å². The summed E-state index contributed by atoms with van der Waals surface area (Å²) in [5.41, 5.74) is 0. The molecule has 2 N–H and O–H groups in total. The van der Waals surface area contributed by atoms with E-state index in [1.807, 2.05) is 0 Å². The van der Waals surface area contributed by atoms with Crippen LogP contribution in [0.4, 0.5) is 0 Å². The Bertz CT molecular complexity index is 131. The van der Waals surface area contributed by atoms with Gasteiger partial charge in [0.15, 0.2) is 0 Å². The molecule has 0 heterocycles. The topological polar surface area (TPSA) is 74.6 Å². The SMILES string of the molecule is O=C(O)/C=C\C(=O)O.[Ca+2].[Cl-].[Cl-]. The second-order valence-corrected chi connectivity index (χ2v) is 1.01. The van der Waals surface area contributed by atoms with E-state index in [0.717, 1.165) is 0 Å². The molecule has 0 saturated heterocycles. The fourth-order valence-electron chi connectivity index (χ4n) is 0.143. The maximum absolute atomic E-state index is 9.55. The van der Waals surface area contributed by atoms with Gasteiger partial charge in [-0.2, -0.15) is 0 Å². The molecule has 0 aromatic heterocycles. The van der Waals surface area contributed by atoms with Gasteiger partial charge in [0.25, 0.3) is 0 Å². The summed E-state index contributed by atoms with van der Waals surface area (Å²) in [6.07, 6.45) is 1.12. The van der Waals surface area contributed by atoms with Gasteiger partial charge in [0.2, 0.25) is 0 Å². The predicted molar refractivity (Wildman–Crippen MR) is 30.2 cm³/mol. The van der Waals surface area contributed by atoms with Crippen molar-refractivity contribution in [2.75, 3.05) is 0 Å². The van der Waals surface area contributed by atoms with Crippen molar-refractivity contribution in [3.63, 3.8) is 0 Å². The van der Waals surface area contributed by atoms with E-state index in [-0.39, 0.29) is 62.6 Å². The molecule has 7 heteroatoms. The summed E-state index contributed by atoms with van der Waals surface area (Å²) in [5.74, 6) is -2.51. The molecule has 0 saturated carbocycles. The van der Waals surface area contributed by atoms with Crippen LogP contribution in [0.3, 0.4) is 0 Å². The zero-order valence-electron chi connectivity index (χ0n) is 5.33. The van der Waals surface area contributed by atoms with Crippen LogP contribution in [0.1, 0.15) is 0 Å². The minimum Gasteiger partial charge on any atom is -1.00 e. The third-order valence-electron chi connectivity index (χ3n) is 0.368. The van der Waals surface area contributed by atoms with Gasteiger partial charge < -0.3 is 35.0 Å². The van der Waals surface area contributed by atoms with Crippen molar-refractivity contribution in [3.8, 4) is 0 Å². The molecular formula is C4H4CaCl2O4. The zero-order valence-corrected chi connectivity index (χ0v) is 9.05. The Morgan fingerprint density at radius 2 is 1.09 bits per heavy atom. The average Bonchev–Trinajstić information content (AvgIpc) is 1.61. The van der Waals surface area contributed by atoms with Gasteiger partial charge in [-0.05, 0) is 0 Å². The van der Waals surface area contributed by atoms with Gasteiger partial charge in [0.05, 0.1) is 0 Å². The molecule has 0 aromatic carbocycles. The maximum atomic E-state index is 9.55. The first kappa shape index (κ1) is 22.5. The van der Waals surface area contributed by atoms with Crippen LogP contribution in [0.25, 0.3) is 0 Å². The van der Waals surface area contributed by atoms with Crippen molar-refractivity contribution in [3.05, 3.63) is 12.2 Å². The molecule has 0 radical (unpaired) electrons. The van der Waals surface area contributed by atoms with Gasteiger partial charge in [-0.25, -0.2) is 9.59 Å². The molecule has 60 valence electrons. The van der Waals surface area contributed by atoms with Crippen LogP contribution >= 0.6 is 0 Å². The minimum absolute atomic E-state index is 0. The van der Waals surface area contributed by atoms with Gasteiger partial charge in [-0.15, -0.1) is 0 Å². The number of carbonyl (C=O) groups is 2. The Hall–Kier alpha value is 0.520. The Labute approximate surface area is 105 Å². The Balaban J connectivity index is -0.0000000817. The summed E-state index contributed by atoms with van der Waals surface area (Å²) in [5, 5.41) is 15.6. The minimum atomic E-state index is -1.26. The number of halogens is 2. The monoisotopic (exact) mass is 226 g/mol. The average molecular weight is 227 g/mol. The number of carboxylic acids is 2. The molecule has 0 rings (SSSR count). The van der Waals surface area contributed by atoms with E-state index >= 15 is 0 Å². The van der Waals surface area contributed by atoms with Crippen molar-refractivity contribution < 1.29 is 44.6 Å². The molecule has 0 aliphatic rings. The van der Waals surface area contributed by atoms with Crippen LogP contribution in [0.2, 0.25) is 0 Å². The van der Waals surface area contributed by atoms with Gasteiger partial charge >= 0.3 is 49.7 Å². The van der Waals surface area contributed by atoms with Crippen molar-refractivity contribution >= 4 is 49.7 Å². The van der Waals surface area contributed by atoms with E-state index in [1.165, 1.54) is 0 Å². The van der Waals surface area contributed by atoms with Crippen LogP contribution in [0.5, 0.6) is 0 Å². The second kappa shape index (κ2) is 13.1. The van der Waals surface area contributed by atoms with Crippen LogP contribution < -0.4 is 24.8 Å². The van der Waals surface area contributed by atoms with Gasteiger partial charge in [-0.3, -0.25) is 0 Å². The molecule has 0 amide bonds. The summed E-state index contributed by atoms with van der Waals surface area (Å²) in [6, 6.07) is 0. The molecule has 0 bridgehead atoms. The van der Waals surface area contributed by atoms with E-state index in [2.05, 4.69) is 0 Å². The van der Waals surface area contributed by atoms with Crippen molar-refractivity contribution in [1.82, 2.24) is 0 Å². The molecule has 11 heavy (non-hydrogen) atoms. The van der Waals surface area contributed by atoms with E-state index in [9.17, 15) is 9.59 Å². The third-order valence-corrected chi connectivity index (χ3v) is 0.368. The number of carboxylic acid groups (broad SMARTS) is 2. The first-order chi connectivity index (χ1) is 3.63. The molecule has 0 spiro atoms. The number of hydrogen-bond acceptors (Lipinski definition) is 2. The van der Waals surface area contributed by atoms with Gasteiger partial charge in [0, 0.05) is 12.2 Å². The summed E-state index contributed by atoms with van der Waals surface area (Å²) < 4.78 is 0. The maximum Gasteiger partial charge on any atom is 2.00 e. The fraction of sp³-hybridized carbons (Fsp3) is 0. The largest absolute Gasteiger partial charge is 2.00 e. The summed E-state index contributed by atoms with van der Waals surface area (Å²) in [4.78, 5) is 19.1. The number of hydrogen-bond donors (Lipinski definition) is 2. The molecule has 0 unspecified atom stereocenters. The summed E-state index contributed by atoms with van der Waals surface area (Å²) in [6.45, 7) is 0. The Kier molecular flexibility index (Phi) is 26.9. The van der Waals surface area contributed by atoms with Crippen molar-refractivity contribution in [1.29, 1.82) is 0 Å². The second-order valence-electron chi connectivity index (χ2n) is 1.01. The smallest absolute Gasteiger partial charge is 1.00 e. The normalized spacial score (nSPS) is 6.91. The molecular weight excluding hydrogens is 223 g/mol. The fourth-order valence-corrected chi connectivity index (χ4v) is 0.143. The molecule has 0 atom stereocenters. The van der Waals surface area contributed by atoms with Crippen LogP contribution in [0.15, 0.2) is 12.2 Å². The van der Waals surface area contributed by atoms with Crippen LogP contribution in [-0.4, -0.2) is 59.9 Å². The quantitative estimate of drug-likeness (QED) is 0.363. The number of aliphatic carboxylic acids is 2. The van der Waals surface area contributed by atoms with Gasteiger partial charge in [-0.1, -0.05) is 0 Å². The van der Waals surface area contributed by atoms with E-state index < -0.39 is 11.9 Å². The van der Waals surface area contributed by atoms with Crippen molar-refractivity contribution in [2.45, 2.75) is 0 Å². The molecule has 0 aromatic rings. The Morgan fingerprint density at radius 1 is 0.909 bits per heavy atom. The zero-order chi connectivity index (χ0) is 6.57. The standard InChI is InChI=1S/C4H4O4.Ca.2ClH/c5-3(6)1-2-4(7)8;;;/h1-2H,(H,5,6)(H,7,8);;2*1H/q;+2;;/p-2/b2-1-;;;. The summed E-state index contributed by atoms with van der Waals surface area (Å²) in [7, 11) is 0. The predicted octanol–water partition coefficient (Wildman–Crippen LogP) is -6.66. The third kappa shape index (κ3) is 25.1. The van der Waals surface area contributed by atoms with Crippen LogP contribution in [-0.2, 0) is 9.59 Å². The van der Waals surface area contributed by atoms with E-state index in [4.69, 9.17) is 10.2 Å². The first-order valence-corrected chi connectivity index (χ1v) is 1.77. The molecule has 0 aliphatic carbocycles. The summed E-state index contributed by atoms with van der Waals surface area (Å²) >= 11 is 0. The number of rotatable bonds is 2. The van der Waals surface area contributed by atoms with Crippen molar-refractivity contribution in [2.24, 2.45) is 0 Å². The molecule has 0 aliphatic heterocycles.